The second kappa shape index (κ2) is 7.59. The quantitative estimate of drug-likeness (QED) is 0.844. The predicted molar refractivity (Wildman–Crippen MR) is 91.9 cm³/mol. The second-order valence-corrected chi connectivity index (χ2v) is 5.58. The van der Waals surface area contributed by atoms with E-state index in [-0.39, 0.29) is 6.54 Å². The van der Waals surface area contributed by atoms with Crippen molar-refractivity contribution in [2.45, 2.75) is 27.3 Å². The summed E-state index contributed by atoms with van der Waals surface area (Å²) in [5.41, 5.74) is 4.05. The van der Waals surface area contributed by atoms with Crippen LogP contribution in [-0.4, -0.2) is 23.9 Å². The summed E-state index contributed by atoms with van der Waals surface area (Å²) in [7, 11) is 1.51. The van der Waals surface area contributed by atoms with Gasteiger partial charge >= 0.3 is 11.8 Å². The largest absolute Gasteiger partial charge is 0.481 e. The fraction of sp³-hybridized carbons (Fsp3) is 0.278. The average molecular weight is 327 g/mol. The number of carbonyl (C=O) groups is 2. The summed E-state index contributed by atoms with van der Waals surface area (Å²) in [5, 5.41) is 5.20. The zero-order chi connectivity index (χ0) is 17.7. The second-order valence-electron chi connectivity index (χ2n) is 5.58. The Morgan fingerprint density at radius 1 is 1.08 bits per heavy atom. The van der Waals surface area contributed by atoms with E-state index in [9.17, 15) is 9.59 Å². The fourth-order valence-corrected chi connectivity index (χ4v) is 2.18. The molecular weight excluding hydrogens is 306 g/mol. The Bertz CT molecular complexity index is 772. The first kappa shape index (κ1) is 17.5. The number of anilines is 1. The Morgan fingerprint density at radius 2 is 1.83 bits per heavy atom. The molecular formula is C18H21N3O3. The van der Waals surface area contributed by atoms with E-state index in [1.54, 1.807) is 0 Å². The van der Waals surface area contributed by atoms with Crippen LogP contribution in [0.15, 0.2) is 30.3 Å². The number of ether oxygens (including phenoxy) is 1. The van der Waals surface area contributed by atoms with Crippen LogP contribution in [0.3, 0.4) is 0 Å². The third kappa shape index (κ3) is 4.32. The average Bonchev–Trinajstić information content (AvgIpc) is 2.56. The number of hydrogen-bond donors (Lipinski definition) is 2. The summed E-state index contributed by atoms with van der Waals surface area (Å²) >= 11 is 0. The molecule has 0 radical (unpaired) electrons. The van der Waals surface area contributed by atoms with Crippen molar-refractivity contribution in [1.29, 1.82) is 0 Å². The van der Waals surface area contributed by atoms with Gasteiger partial charge in [0.1, 0.15) is 0 Å². The Hall–Kier alpha value is -2.89. The summed E-state index contributed by atoms with van der Waals surface area (Å²) in [4.78, 5) is 28.3. The Balaban J connectivity index is 1.99. The molecule has 24 heavy (non-hydrogen) atoms. The number of benzene rings is 1. The van der Waals surface area contributed by atoms with Gasteiger partial charge in [-0.2, -0.15) is 0 Å². The summed E-state index contributed by atoms with van der Waals surface area (Å²) < 4.78 is 5.18. The van der Waals surface area contributed by atoms with E-state index in [1.165, 1.54) is 7.11 Å². The minimum atomic E-state index is -0.710. The van der Waals surface area contributed by atoms with E-state index in [0.717, 1.165) is 16.8 Å². The number of aryl methyl sites for hydroxylation is 3. The van der Waals surface area contributed by atoms with Crippen LogP contribution in [0.25, 0.3) is 0 Å². The van der Waals surface area contributed by atoms with Crippen molar-refractivity contribution < 1.29 is 14.3 Å². The lowest BCUT2D eigenvalue weighted by atomic mass is 10.1. The van der Waals surface area contributed by atoms with Gasteiger partial charge in [-0.1, -0.05) is 18.2 Å². The number of aromatic nitrogens is 1. The Morgan fingerprint density at radius 3 is 2.54 bits per heavy atom. The molecule has 2 aromatic rings. The van der Waals surface area contributed by atoms with Gasteiger partial charge in [-0.15, -0.1) is 0 Å². The lowest BCUT2D eigenvalue weighted by Gasteiger charge is -2.11. The Labute approximate surface area is 141 Å². The molecule has 0 atom stereocenters. The number of nitrogens with zero attached hydrogens (tertiary/aromatic N) is 1. The monoisotopic (exact) mass is 327 g/mol. The maximum absolute atomic E-state index is 12.0. The van der Waals surface area contributed by atoms with Gasteiger partial charge in [0.05, 0.1) is 7.11 Å². The van der Waals surface area contributed by atoms with Crippen LogP contribution in [-0.2, 0) is 16.1 Å². The highest BCUT2D eigenvalue weighted by atomic mass is 16.5. The molecule has 0 spiro atoms. The zero-order valence-electron chi connectivity index (χ0n) is 14.3. The smallest absolute Gasteiger partial charge is 0.313 e. The van der Waals surface area contributed by atoms with Gasteiger partial charge in [0.15, 0.2) is 0 Å². The molecule has 1 heterocycles. The topological polar surface area (TPSA) is 80.3 Å². The van der Waals surface area contributed by atoms with Crippen molar-refractivity contribution in [3.8, 4) is 5.88 Å². The molecule has 0 fully saturated rings. The molecule has 126 valence electrons. The van der Waals surface area contributed by atoms with Gasteiger partial charge in [-0.25, -0.2) is 4.98 Å². The van der Waals surface area contributed by atoms with E-state index in [0.29, 0.717) is 17.1 Å². The molecule has 2 N–H and O–H groups in total. The first-order chi connectivity index (χ1) is 11.4. The van der Waals surface area contributed by atoms with Crippen molar-refractivity contribution in [2.75, 3.05) is 12.4 Å². The lowest BCUT2D eigenvalue weighted by Crippen LogP contribution is -2.35. The highest BCUT2D eigenvalue weighted by Crippen LogP contribution is 2.17. The maximum Gasteiger partial charge on any atom is 0.313 e. The molecule has 0 saturated carbocycles. The van der Waals surface area contributed by atoms with Crippen molar-refractivity contribution in [2.24, 2.45) is 0 Å². The van der Waals surface area contributed by atoms with Crippen molar-refractivity contribution in [1.82, 2.24) is 10.3 Å². The van der Waals surface area contributed by atoms with Gasteiger partial charge in [-0.05, 0) is 44.0 Å². The summed E-state index contributed by atoms with van der Waals surface area (Å²) in [6, 6.07) is 9.30. The Kier molecular flexibility index (Phi) is 5.52. The van der Waals surface area contributed by atoms with E-state index < -0.39 is 11.8 Å². The molecule has 0 aliphatic rings. The van der Waals surface area contributed by atoms with E-state index in [4.69, 9.17) is 4.74 Å². The maximum atomic E-state index is 12.0. The third-order valence-electron chi connectivity index (χ3n) is 3.56. The van der Waals surface area contributed by atoms with E-state index >= 15 is 0 Å². The van der Waals surface area contributed by atoms with Crippen LogP contribution in [0.2, 0.25) is 0 Å². The number of amides is 2. The normalized spacial score (nSPS) is 10.2. The van der Waals surface area contributed by atoms with Crippen molar-refractivity contribution in [3.05, 3.63) is 52.7 Å². The van der Waals surface area contributed by atoms with Crippen LogP contribution in [0.4, 0.5) is 5.69 Å². The van der Waals surface area contributed by atoms with Gasteiger partial charge in [0.2, 0.25) is 5.88 Å². The van der Waals surface area contributed by atoms with Crippen LogP contribution < -0.4 is 15.4 Å². The molecule has 2 rings (SSSR count). The minimum absolute atomic E-state index is 0.162. The van der Waals surface area contributed by atoms with Crippen LogP contribution in [0.5, 0.6) is 5.88 Å². The fourth-order valence-electron chi connectivity index (χ4n) is 2.18. The van der Waals surface area contributed by atoms with Gasteiger partial charge < -0.3 is 15.4 Å². The molecule has 1 aromatic heterocycles. The minimum Gasteiger partial charge on any atom is -0.481 e. The highest BCUT2D eigenvalue weighted by molar-refractivity contribution is 6.39. The zero-order valence-corrected chi connectivity index (χ0v) is 14.3. The molecule has 1 aromatic carbocycles. The molecule has 6 heteroatoms. The number of pyridine rings is 1. The van der Waals surface area contributed by atoms with E-state index in [1.807, 2.05) is 51.1 Å². The lowest BCUT2D eigenvalue weighted by molar-refractivity contribution is -0.136. The predicted octanol–water partition coefficient (Wildman–Crippen LogP) is 2.27. The summed E-state index contributed by atoms with van der Waals surface area (Å²) in [5.74, 6) is -0.980. The molecule has 0 aliphatic carbocycles. The molecule has 2 amide bonds. The van der Waals surface area contributed by atoms with Crippen molar-refractivity contribution >= 4 is 17.5 Å². The van der Waals surface area contributed by atoms with Crippen LogP contribution in [0.1, 0.15) is 22.4 Å². The third-order valence-corrected chi connectivity index (χ3v) is 3.56. The number of hydrogen-bond acceptors (Lipinski definition) is 4. The molecule has 0 bridgehead atoms. The standard InChI is InChI=1S/C18H21N3O3/c1-11-5-6-12(2)15(9-11)21-17(23)16(22)19-10-14-8-7-13(3)20-18(14)24-4/h5-9H,10H2,1-4H3,(H,19,22)(H,21,23). The number of carbonyl (C=O) groups excluding carboxylic acids is 2. The van der Waals surface area contributed by atoms with Gasteiger partial charge in [-0.3, -0.25) is 9.59 Å². The van der Waals surface area contributed by atoms with Crippen LogP contribution in [0, 0.1) is 20.8 Å². The summed E-state index contributed by atoms with van der Waals surface area (Å²) in [6.07, 6.45) is 0. The van der Waals surface area contributed by atoms with Gasteiger partial charge in [0.25, 0.3) is 0 Å². The summed E-state index contributed by atoms with van der Waals surface area (Å²) in [6.45, 7) is 5.81. The number of rotatable bonds is 4. The van der Waals surface area contributed by atoms with E-state index in [2.05, 4.69) is 15.6 Å². The van der Waals surface area contributed by atoms with Crippen LogP contribution >= 0.6 is 0 Å². The number of nitrogens with one attached hydrogen (secondary N) is 2. The molecule has 0 aliphatic heterocycles. The highest BCUT2D eigenvalue weighted by Gasteiger charge is 2.15. The first-order valence-corrected chi connectivity index (χ1v) is 7.57. The van der Waals surface area contributed by atoms with Crippen molar-refractivity contribution in [3.63, 3.8) is 0 Å². The van der Waals surface area contributed by atoms with Gasteiger partial charge in [0, 0.05) is 23.5 Å². The molecule has 6 nitrogen and oxygen atoms in total. The molecule has 0 saturated heterocycles. The first-order valence-electron chi connectivity index (χ1n) is 7.57. The molecule has 0 unspecified atom stereocenters. The number of methoxy groups -OCH3 is 1. The SMILES string of the molecule is COc1nc(C)ccc1CNC(=O)C(=O)Nc1cc(C)ccc1C.